The molecule has 1 unspecified atom stereocenters. The van der Waals surface area contributed by atoms with Crippen LogP contribution in [0.15, 0.2) is 5.38 Å². The number of aromatic nitrogens is 1. The maximum absolute atomic E-state index is 10.3. The molecule has 0 spiro atoms. The van der Waals surface area contributed by atoms with Crippen molar-refractivity contribution in [3.63, 3.8) is 0 Å². The number of rotatable bonds is 4. The fourth-order valence-corrected chi connectivity index (χ4v) is 1.88. The highest BCUT2D eigenvalue weighted by atomic mass is 35.5. The van der Waals surface area contributed by atoms with Crippen LogP contribution in [0.1, 0.15) is 28.9 Å². The zero-order chi connectivity index (χ0) is 9.84. The number of aliphatic carboxylic acids is 1. The molecule has 1 aromatic rings. The minimum Gasteiger partial charge on any atom is -0.481 e. The molecular weight excluding hydrogens is 210 g/mol. The summed E-state index contributed by atoms with van der Waals surface area (Å²) in [5, 5.41) is 11.0. The Labute approximate surface area is 85.4 Å². The van der Waals surface area contributed by atoms with Crippen molar-refractivity contribution >= 4 is 28.9 Å². The van der Waals surface area contributed by atoms with Crippen LogP contribution < -0.4 is 0 Å². The van der Waals surface area contributed by atoms with Gasteiger partial charge in [-0.1, -0.05) is 0 Å². The molecule has 0 bridgehead atoms. The Morgan fingerprint density at radius 3 is 3.00 bits per heavy atom. The fourth-order valence-electron chi connectivity index (χ4n) is 0.922. The van der Waals surface area contributed by atoms with E-state index in [2.05, 4.69) is 4.98 Å². The molecule has 0 fully saturated rings. The first kappa shape index (κ1) is 10.5. The normalized spacial score (nSPS) is 12.8. The standard InChI is InChI=1S/C8H10ClNO2S/c1-5-10-7(4-13-5)6(9)2-3-8(11)12/h4,6H,2-3H2,1H3,(H,11,12). The van der Waals surface area contributed by atoms with E-state index in [4.69, 9.17) is 16.7 Å². The van der Waals surface area contributed by atoms with E-state index < -0.39 is 5.97 Å². The number of alkyl halides is 1. The maximum atomic E-state index is 10.3. The highest BCUT2D eigenvalue weighted by molar-refractivity contribution is 7.09. The van der Waals surface area contributed by atoms with Crippen molar-refractivity contribution in [1.29, 1.82) is 0 Å². The summed E-state index contributed by atoms with van der Waals surface area (Å²) in [6, 6.07) is 0. The molecule has 5 heteroatoms. The number of nitrogens with zero attached hydrogens (tertiary/aromatic N) is 1. The van der Waals surface area contributed by atoms with Gasteiger partial charge in [-0.15, -0.1) is 22.9 Å². The van der Waals surface area contributed by atoms with Gasteiger partial charge in [-0.3, -0.25) is 4.79 Å². The quantitative estimate of drug-likeness (QED) is 0.792. The summed E-state index contributed by atoms with van der Waals surface area (Å²) in [5.41, 5.74) is 0.783. The Morgan fingerprint density at radius 1 is 1.85 bits per heavy atom. The molecule has 0 saturated carbocycles. The highest BCUT2D eigenvalue weighted by Gasteiger charge is 2.12. The van der Waals surface area contributed by atoms with Crippen LogP contribution in [-0.4, -0.2) is 16.1 Å². The van der Waals surface area contributed by atoms with Gasteiger partial charge in [0.15, 0.2) is 0 Å². The van der Waals surface area contributed by atoms with Gasteiger partial charge in [0.25, 0.3) is 0 Å². The average Bonchev–Trinajstić information content (AvgIpc) is 2.47. The van der Waals surface area contributed by atoms with Crippen molar-refractivity contribution in [3.8, 4) is 0 Å². The molecule has 1 aromatic heterocycles. The molecule has 1 N–H and O–H groups in total. The molecule has 13 heavy (non-hydrogen) atoms. The highest BCUT2D eigenvalue weighted by Crippen LogP contribution is 2.26. The zero-order valence-electron chi connectivity index (χ0n) is 7.16. The van der Waals surface area contributed by atoms with E-state index in [1.165, 1.54) is 11.3 Å². The molecule has 1 rings (SSSR count). The van der Waals surface area contributed by atoms with Gasteiger partial charge in [0.05, 0.1) is 16.1 Å². The number of carboxylic acids is 1. The van der Waals surface area contributed by atoms with E-state index in [0.29, 0.717) is 6.42 Å². The topological polar surface area (TPSA) is 50.2 Å². The molecule has 0 aromatic carbocycles. The Balaban J connectivity index is 2.48. The Morgan fingerprint density at radius 2 is 2.54 bits per heavy atom. The molecule has 3 nitrogen and oxygen atoms in total. The lowest BCUT2D eigenvalue weighted by Gasteiger charge is -2.02. The van der Waals surface area contributed by atoms with Crippen LogP contribution >= 0.6 is 22.9 Å². The van der Waals surface area contributed by atoms with Crippen molar-refractivity contribution in [2.24, 2.45) is 0 Å². The van der Waals surface area contributed by atoms with Gasteiger partial charge in [0, 0.05) is 11.8 Å². The van der Waals surface area contributed by atoms with Crippen molar-refractivity contribution in [1.82, 2.24) is 4.98 Å². The lowest BCUT2D eigenvalue weighted by atomic mass is 10.2. The van der Waals surface area contributed by atoms with Crippen LogP contribution in [-0.2, 0) is 4.79 Å². The second-order valence-corrected chi connectivity index (χ2v) is 4.28. The number of carboxylic acid groups (broad SMARTS) is 1. The summed E-state index contributed by atoms with van der Waals surface area (Å²) >= 11 is 7.47. The summed E-state index contributed by atoms with van der Waals surface area (Å²) in [7, 11) is 0. The van der Waals surface area contributed by atoms with Gasteiger partial charge < -0.3 is 5.11 Å². The first-order chi connectivity index (χ1) is 6.09. The zero-order valence-corrected chi connectivity index (χ0v) is 8.73. The van der Waals surface area contributed by atoms with Crippen LogP contribution in [0.5, 0.6) is 0 Å². The summed E-state index contributed by atoms with van der Waals surface area (Å²) in [6.45, 7) is 1.90. The number of thiazole rings is 1. The number of carbonyl (C=O) groups is 1. The summed E-state index contributed by atoms with van der Waals surface area (Å²) in [4.78, 5) is 14.4. The molecule has 0 saturated heterocycles. The van der Waals surface area contributed by atoms with E-state index in [1.807, 2.05) is 12.3 Å². The third-order valence-electron chi connectivity index (χ3n) is 1.57. The second-order valence-electron chi connectivity index (χ2n) is 2.69. The van der Waals surface area contributed by atoms with E-state index >= 15 is 0 Å². The van der Waals surface area contributed by atoms with Crippen molar-refractivity contribution in [3.05, 3.63) is 16.1 Å². The van der Waals surface area contributed by atoms with Gasteiger partial charge >= 0.3 is 5.97 Å². The van der Waals surface area contributed by atoms with E-state index in [-0.39, 0.29) is 11.8 Å². The van der Waals surface area contributed by atoms with E-state index in [0.717, 1.165) is 10.7 Å². The van der Waals surface area contributed by atoms with Gasteiger partial charge in [-0.25, -0.2) is 4.98 Å². The van der Waals surface area contributed by atoms with Crippen LogP contribution in [0, 0.1) is 6.92 Å². The van der Waals surface area contributed by atoms with Crippen molar-refractivity contribution < 1.29 is 9.90 Å². The largest absolute Gasteiger partial charge is 0.481 e. The molecular formula is C8H10ClNO2S. The number of hydrogen-bond acceptors (Lipinski definition) is 3. The predicted molar refractivity (Wildman–Crippen MR) is 52.3 cm³/mol. The van der Waals surface area contributed by atoms with E-state index in [1.54, 1.807) is 0 Å². The van der Waals surface area contributed by atoms with Gasteiger partial charge in [-0.05, 0) is 13.3 Å². The molecule has 0 radical (unpaired) electrons. The second kappa shape index (κ2) is 4.58. The summed E-state index contributed by atoms with van der Waals surface area (Å²) in [6.07, 6.45) is 0.519. The van der Waals surface area contributed by atoms with E-state index in [9.17, 15) is 4.79 Å². The van der Waals surface area contributed by atoms with Gasteiger partial charge in [0.1, 0.15) is 0 Å². The van der Waals surface area contributed by atoms with Crippen molar-refractivity contribution in [2.45, 2.75) is 25.1 Å². The monoisotopic (exact) mass is 219 g/mol. The van der Waals surface area contributed by atoms with Crippen molar-refractivity contribution in [2.75, 3.05) is 0 Å². The minimum atomic E-state index is -0.822. The number of aryl methyl sites for hydroxylation is 1. The Kier molecular flexibility index (Phi) is 3.69. The summed E-state index contributed by atoms with van der Waals surface area (Å²) in [5.74, 6) is -0.822. The fraction of sp³-hybridized carbons (Fsp3) is 0.500. The summed E-state index contributed by atoms with van der Waals surface area (Å²) < 4.78 is 0. The number of hydrogen-bond donors (Lipinski definition) is 1. The van der Waals surface area contributed by atoms with Crippen LogP contribution in [0.4, 0.5) is 0 Å². The molecule has 0 aliphatic rings. The predicted octanol–water partition coefficient (Wildman–Crippen LogP) is 2.60. The SMILES string of the molecule is Cc1nc(C(Cl)CCC(=O)O)cs1. The smallest absolute Gasteiger partial charge is 0.303 e. The lowest BCUT2D eigenvalue weighted by molar-refractivity contribution is -0.137. The molecule has 1 atom stereocenters. The number of halogens is 1. The molecule has 1 heterocycles. The first-order valence-corrected chi connectivity index (χ1v) is 5.19. The molecule has 0 amide bonds. The molecule has 72 valence electrons. The lowest BCUT2D eigenvalue weighted by Crippen LogP contribution is -1.98. The molecule has 0 aliphatic heterocycles. The molecule has 0 aliphatic carbocycles. The van der Waals surface area contributed by atoms with Crippen LogP contribution in [0.3, 0.4) is 0 Å². The Hall–Kier alpha value is -0.610. The third kappa shape index (κ3) is 3.32. The van der Waals surface area contributed by atoms with Crippen LogP contribution in [0.2, 0.25) is 0 Å². The van der Waals surface area contributed by atoms with Crippen LogP contribution in [0.25, 0.3) is 0 Å². The third-order valence-corrected chi connectivity index (χ3v) is 2.80. The maximum Gasteiger partial charge on any atom is 0.303 e. The van der Waals surface area contributed by atoms with Gasteiger partial charge in [0.2, 0.25) is 0 Å². The van der Waals surface area contributed by atoms with Gasteiger partial charge in [-0.2, -0.15) is 0 Å². The minimum absolute atomic E-state index is 0.0880. The average molecular weight is 220 g/mol. The Bertz CT molecular complexity index is 300. The first-order valence-electron chi connectivity index (χ1n) is 3.87.